The monoisotopic (exact) mass is 428 g/mol. The van der Waals surface area contributed by atoms with Gasteiger partial charge >= 0.3 is 5.69 Å². The lowest BCUT2D eigenvalue weighted by molar-refractivity contribution is -0.122. The number of fused-ring (bicyclic) bond motifs is 2. The number of nitrogens with one attached hydrogen (secondary N) is 1. The highest BCUT2D eigenvalue weighted by atomic mass is 16.2. The van der Waals surface area contributed by atoms with E-state index in [1.165, 1.54) is 20.2 Å². The van der Waals surface area contributed by atoms with Crippen LogP contribution in [0.25, 0.3) is 5.65 Å². The molecule has 162 valence electrons. The van der Waals surface area contributed by atoms with Crippen molar-refractivity contribution in [1.29, 1.82) is 0 Å². The number of rotatable bonds is 5. The second-order valence-electron chi connectivity index (χ2n) is 8.03. The number of nitrogens with zero attached hydrogens (tertiary/aromatic N) is 5. The quantitative estimate of drug-likeness (QED) is 0.526. The summed E-state index contributed by atoms with van der Waals surface area (Å²) < 4.78 is 2.71. The lowest BCUT2D eigenvalue weighted by atomic mass is 10.0. The lowest BCUT2D eigenvalue weighted by Crippen LogP contribution is -2.36. The molecule has 1 aliphatic heterocycles. The van der Waals surface area contributed by atoms with Gasteiger partial charge in [0.1, 0.15) is 6.54 Å². The van der Waals surface area contributed by atoms with Gasteiger partial charge in [-0.15, -0.1) is 5.10 Å². The van der Waals surface area contributed by atoms with E-state index in [0.29, 0.717) is 24.7 Å². The van der Waals surface area contributed by atoms with Crippen molar-refractivity contribution >= 4 is 17.5 Å². The molecule has 8 nitrogen and oxygen atoms in total. The average Bonchev–Trinajstić information content (AvgIpc) is 3.12. The molecule has 2 aromatic carbocycles. The van der Waals surface area contributed by atoms with E-state index in [4.69, 9.17) is 0 Å². The Bertz CT molecular complexity index is 1340. The van der Waals surface area contributed by atoms with Gasteiger partial charge in [0.15, 0.2) is 5.65 Å². The van der Waals surface area contributed by atoms with Crippen molar-refractivity contribution in [2.24, 2.45) is 0 Å². The third-order valence-electron chi connectivity index (χ3n) is 5.72. The van der Waals surface area contributed by atoms with Crippen LogP contribution in [0.4, 0.5) is 5.95 Å². The molecule has 8 heteroatoms. The summed E-state index contributed by atoms with van der Waals surface area (Å²) in [4.78, 5) is 32.4. The first-order chi connectivity index (χ1) is 15.6. The van der Waals surface area contributed by atoms with Crippen LogP contribution in [0.5, 0.6) is 0 Å². The Morgan fingerprint density at radius 1 is 1.06 bits per heavy atom. The van der Waals surface area contributed by atoms with E-state index in [0.717, 1.165) is 24.2 Å². The smallest absolute Gasteiger partial charge is 0.350 e. The highest BCUT2D eigenvalue weighted by Gasteiger charge is 2.22. The van der Waals surface area contributed by atoms with Crippen molar-refractivity contribution in [3.8, 4) is 0 Å². The van der Waals surface area contributed by atoms with E-state index in [1.54, 1.807) is 6.07 Å². The summed E-state index contributed by atoms with van der Waals surface area (Å²) in [5, 5.41) is 7.25. The number of anilines is 1. The lowest BCUT2D eigenvalue weighted by Gasteiger charge is -2.29. The second kappa shape index (κ2) is 8.30. The third kappa shape index (κ3) is 3.87. The number of hydrogen-bond acceptors (Lipinski definition) is 5. The Kier molecular flexibility index (Phi) is 5.18. The minimum Gasteiger partial charge on any atom is -0.350 e. The van der Waals surface area contributed by atoms with Crippen molar-refractivity contribution in [2.75, 3.05) is 11.4 Å². The summed E-state index contributed by atoms with van der Waals surface area (Å²) in [5.41, 5.74) is 4.46. The van der Waals surface area contributed by atoms with Crippen LogP contribution in [0, 0.1) is 6.92 Å². The van der Waals surface area contributed by atoms with Crippen molar-refractivity contribution in [1.82, 2.24) is 24.5 Å². The van der Waals surface area contributed by atoms with E-state index in [1.807, 2.05) is 43.3 Å². The molecule has 0 bridgehead atoms. The molecule has 5 rings (SSSR count). The van der Waals surface area contributed by atoms with Gasteiger partial charge in [-0.25, -0.2) is 18.9 Å². The topological polar surface area (TPSA) is 84.5 Å². The highest BCUT2D eigenvalue weighted by molar-refractivity contribution is 5.75. The molecular weight excluding hydrogens is 404 g/mol. The Hall–Kier alpha value is -3.94. The molecule has 1 amide bonds. The average molecular weight is 428 g/mol. The van der Waals surface area contributed by atoms with E-state index >= 15 is 0 Å². The molecule has 3 heterocycles. The fraction of sp³-hybridized carbons (Fsp3) is 0.250. The van der Waals surface area contributed by atoms with Crippen LogP contribution in [-0.2, 0) is 30.8 Å². The maximum Gasteiger partial charge on any atom is 0.353 e. The van der Waals surface area contributed by atoms with Gasteiger partial charge in [-0.1, -0.05) is 54.6 Å². The zero-order chi connectivity index (χ0) is 22.1. The first-order valence-electron chi connectivity index (χ1n) is 10.7. The van der Waals surface area contributed by atoms with Gasteiger partial charge < -0.3 is 10.2 Å². The van der Waals surface area contributed by atoms with Gasteiger partial charge in [0.2, 0.25) is 11.9 Å². The molecule has 32 heavy (non-hydrogen) atoms. The van der Waals surface area contributed by atoms with Crippen LogP contribution in [0.1, 0.15) is 22.4 Å². The molecule has 0 unspecified atom stereocenters. The summed E-state index contributed by atoms with van der Waals surface area (Å²) in [6.07, 6.45) is 0.887. The highest BCUT2D eigenvalue weighted by Crippen LogP contribution is 2.23. The number of aryl methyl sites for hydroxylation is 1. The molecular formula is C24H24N6O2. The normalized spacial score (nSPS) is 13.2. The van der Waals surface area contributed by atoms with Crippen molar-refractivity contribution in [3.63, 3.8) is 0 Å². The van der Waals surface area contributed by atoms with Crippen LogP contribution in [-0.4, -0.2) is 31.6 Å². The van der Waals surface area contributed by atoms with Gasteiger partial charge in [-0.05, 0) is 30.0 Å². The number of aromatic nitrogens is 4. The standard InChI is InChI=1S/C24H24N6O2/c1-17-13-21-27-29(16-22(31)25-14-18-7-3-2-4-8-18)24(32)30(21)23(26-17)28-12-11-19-9-5-6-10-20(19)15-28/h2-10,13H,11-12,14-16H2,1H3,(H,25,31). The van der Waals surface area contributed by atoms with Gasteiger partial charge in [0, 0.05) is 31.4 Å². The fourth-order valence-corrected chi connectivity index (χ4v) is 4.10. The summed E-state index contributed by atoms with van der Waals surface area (Å²) >= 11 is 0. The Balaban J connectivity index is 1.41. The fourth-order valence-electron chi connectivity index (χ4n) is 4.10. The van der Waals surface area contributed by atoms with Gasteiger partial charge in [0.25, 0.3) is 0 Å². The SMILES string of the molecule is Cc1cc2nn(CC(=O)NCc3ccccc3)c(=O)n2c(N2CCc3ccccc3C2)n1. The molecule has 0 spiro atoms. The van der Waals surface area contributed by atoms with Gasteiger partial charge in [-0.3, -0.25) is 4.79 Å². The second-order valence-corrected chi connectivity index (χ2v) is 8.03. The van der Waals surface area contributed by atoms with Crippen LogP contribution < -0.4 is 15.9 Å². The molecule has 1 N–H and O–H groups in total. The number of carbonyl (C=O) groups is 1. The molecule has 0 atom stereocenters. The number of carbonyl (C=O) groups excluding carboxylic acids is 1. The minimum absolute atomic E-state index is 0.144. The van der Waals surface area contributed by atoms with E-state index in [9.17, 15) is 9.59 Å². The molecule has 4 aromatic rings. The van der Waals surface area contributed by atoms with E-state index in [2.05, 4.69) is 38.5 Å². The molecule has 0 saturated heterocycles. The Labute approximate surface area is 185 Å². The Morgan fingerprint density at radius 2 is 1.81 bits per heavy atom. The first-order valence-corrected chi connectivity index (χ1v) is 10.7. The first kappa shape index (κ1) is 20.0. The van der Waals surface area contributed by atoms with E-state index in [-0.39, 0.29) is 18.1 Å². The van der Waals surface area contributed by atoms with E-state index < -0.39 is 0 Å². The maximum absolute atomic E-state index is 13.2. The Morgan fingerprint density at radius 3 is 2.62 bits per heavy atom. The molecule has 0 radical (unpaired) electrons. The van der Waals surface area contributed by atoms with Gasteiger partial charge in [-0.2, -0.15) is 0 Å². The molecule has 0 aliphatic carbocycles. The summed E-state index contributed by atoms with van der Waals surface area (Å²) in [7, 11) is 0. The molecule has 1 aliphatic rings. The predicted octanol–water partition coefficient (Wildman–Crippen LogP) is 2.08. The van der Waals surface area contributed by atoms with Crippen molar-refractivity contribution in [3.05, 3.63) is 93.5 Å². The molecule has 0 fully saturated rings. The van der Waals surface area contributed by atoms with Crippen LogP contribution >= 0.6 is 0 Å². The minimum atomic E-state index is -0.365. The van der Waals surface area contributed by atoms with Gasteiger partial charge in [0.05, 0.1) is 0 Å². The summed E-state index contributed by atoms with van der Waals surface area (Å²) in [5.74, 6) is 0.299. The number of benzene rings is 2. The summed E-state index contributed by atoms with van der Waals surface area (Å²) in [6.45, 7) is 3.58. The maximum atomic E-state index is 13.2. The number of amides is 1. The number of hydrogen-bond donors (Lipinski definition) is 1. The van der Waals surface area contributed by atoms with Crippen molar-refractivity contribution < 1.29 is 4.79 Å². The van der Waals surface area contributed by atoms with Crippen molar-refractivity contribution in [2.45, 2.75) is 33.0 Å². The molecule has 0 saturated carbocycles. The zero-order valence-electron chi connectivity index (χ0n) is 17.9. The zero-order valence-corrected chi connectivity index (χ0v) is 17.9. The molecule has 2 aromatic heterocycles. The summed E-state index contributed by atoms with van der Waals surface area (Å²) in [6, 6.07) is 19.7. The predicted molar refractivity (Wildman–Crippen MR) is 121 cm³/mol. The van der Waals surface area contributed by atoms with Crippen LogP contribution in [0.15, 0.2) is 65.5 Å². The third-order valence-corrected chi connectivity index (χ3v) is 5.72. The van der Waals surface area contributed by atoms with Crippen LogP contribution in [0.3, 0.4) is 0 Å². The largest absolute Gasteiger partial charge is 0.353 e. The van der Waals surface area contributed by atoms with Crippen LogP contribution in [0.2, 0.25) is 0 Å².